The van der Waals surface area contributed by atoms with Crippen molar-refractivity contribution in [3.8, 4) is 12.3 Å². The molecule has 2 heterocycles. The monoisotopic (exact) mass is 298 g/mol. The Balaban J connectivity index is 1.87. The van der Waals surface area contributed by atoms with Gasteiger partial charge in [0.25, 0.3) is 0 Å². The molecule has 1 saturated heterocycles. The molecule has 1 aliphatic heterocycles. The Labute approximate surface area is 127 Å². The molecule has 0 spiro atoms. The quantitative estimate of drug-likeness (QED) is 0.640. The average molecular weight is 298 g/mol. The lowest BCUT2D eigenvalue weighted by molar-refractivity contribution is 0.266. The third-order valence-corrected chi connectivity index (χ3v) is 6.97. The van der Waals surface area contributed by atoms with Gasteiger partial charge in [0.05, 0.1) is 20.2 Å². The molecule has 1 aliphatic rings. The Kier molecular flexibility index (Phi) is 3.64. The van der Waals surface area contributed by atoms with Gasteiger partial charge in [0.2, 0.25) is 5.89 Å². The minimum Gasteiger partial charge on any atom is -0.439 e. The summed E-state index contributed by atoms with van der Waals surface area (Å²) >= 11 is 0. The molecule has 21 heavy (non-hydrogen) atoms. The van der Waals surface area contributed by atoms with Crippen LogP contribution in [-0.2, 0) is 6.54 Å². The summed E-state index contributed by atoms with van der Waals surface area (Å²) in [6.07, 6.45) is 8.12. The Morgan fingerprint density at radius 2 is 2.24 bits per heavy atom. The minimum absolute atomic E-state index is 0.722. The Morgan fingerprint density at radius 1 is 1.43 bits per heavy atom. The van der Waals surface area contributed by atoms with Gasteiger partial charge in [0, 0.05) is 5.67 Å². The molecule has 0 bridgehead atoms. The van der Waals surface area contributed by atoms with E-state index in [-0.39, 0.29) is 0 Å². The van der Waals surface area contributed by atoms with Crippen molar-refractivity contribution in [2.45, 2.75) is 44.7 Å². The second-order valence-electron chi connectivity index (χ2n) is 6.90. The normalized spacial score (nSPS) is 20.0. The van der Waals surface area contributed by atoms with Crippen LogP contribution in [0.4, 0.5) is 0 Å². The number of para-hydroxylation sites is 1. The SMILES string of the molecule is C#Cc1cccc2oc(CN3CCCC3[Si](C)(C)C)nc12. The van der Waals surface area contributed by atoms with E-state index in [1.54, 1.807) is 0 Å². The van der Waals surface area contributed by atoms with E-state index in [4.69, 9.17) is 10.8 Å². The van der Waals surface area contributed by atoms with Crippen LogP contribution in [-0.4, -0.2) is 30.2 Å². The molecule has 4 heteroatoms. The van der Waals surface area contributed by atoms with Crippen LogP contribution in [0.5, 0.6) is 0 Å². The zero-order chi connectivity index (χ0) is 15.0. The summed E-state index contributed by atoms with van der Waals surface area (Å²) in [7, 11) is -1.17. The summed E-state index contributed by atoms with van der Waals surface area (Å²) in [5.74, 6) is 3.47. The maximum Gasteiger partial charge on any atom is 0.209 e. The molecule has 1 fully saturated rings. The topological polar surface area (TPSA) is 29.3 Å². The molecule has 0 aliphatic carbocycles. The summed E-state index contributed by atoms with van der Waals surface area (Å²) in [5.41, 5.74) is 3.15. The van der Waals surface area contributed by atoms with Crippen molar-refractivity contribution in [1.29, 1.82) is 0 Å². The zero-order valence-electron chi connectivity index (χ0n) is 13.0. The van der Waals surface area contributed by atoms with Crippen molar-refractivity contribution in [2.24, 2.45) is 0 Å². The molecule has 0 radical (unpaired) electrons. The van der Waals surface area contributed by atoms with Gasteiger partial charge in [-0.05, 0) is 31.5 Å². The molecule has 1 aromatic carbocycles. The molecule has 0 amide bonds. The van der Waals surface area contributed by atoms with Crippen LogP contribution in [0.15, 0.2) is 22.6 Å². The summed E-state index contributed by atoms with van der Waals surface area (Å²) in [6.45, 7) is 9.28. The Hall–Kier alpha value is -1.57. The lowest BCUT2D eigenvalue weighted by atomic mass is 10.2. The fourth-order valence-electron chi connectivity index (χ4n) is 3.35. The number of hydrogen-bond acceptors (Lipinski definition) is 3. The van der Waals surface area contributed by atoms with Crippen molar-refractivity contribution in [3.05, 3.63) is 29.7 Å². The molecule has 2 aromatic rings. The first-order valence-electron chi connectivity index (χ1n) is 7.58. The van der Waals surface area contributed by atoms with Crippen LogP contribution in [0, 0.1) is 12.3 Å². The van der Waals surface area contributed by atoms with E-state index in [0.29, 0.717) is 0 Å². The highest BCUT2D eigenvalue weighted by atomic mass is 28.3. The number of nitrogens with zero attached hydrogens (tertiary/aromatic N) is 2. The van der Waals surface area contributed by atoms with E-state index in [2.05, 4.69) is 35.4 Å². The highest BCUT2D eigenvalue weighted by Gasteiger charge is 2.35. The van der Waals surface area contributed by atoms with Gasteiger partial charge in [-0.1, -0.05) is 31.6 Å². The first kappa shape index (κ1) is 14.4. The van der Waals surface area contributed by atoms with Crippen molar-refractivity contribution in [1.82, 2.24) is 9.88 Å². The summed E-state index contributed by atoms with van der Waals surface area (Å²) < 4.78 is 5.90. The van der Waals surface area contributed by atoms with Gasteiger partial charge in [-0.2, -0.15) is 0 Å². The first-order valence-corrected chi connectivity index (χ1v) is 11.2. The van der Waals surface area contributed by atoms with Crippen LogP contribution in [0.25, 0.3) is 11.1 Å². The van der Waals surface area contributed by atoms with E-state index in [9.17, 15) is 0 Å². The van der Waals surface area contributed by atoms with Crippen LogP contribution in [0.2, 0.25) is 19.6 Å². The molecule has 110 valence electrons. The number of aromatic nitrogens is 1. The smallest absolute Gasteiger partial charge is 0.209 e. The molecule has 1 unspecified atom stereocenters. The van der Waals surface area contributed by atoms with Gasteiger partial charge in [0.15, 0.2) is 5.58 Å². The largest absolute Gasteiger partial charge is 0.439 e. The number of terminal acetylenes is 1. The van der Waals surface area contributed by atoms with Crippen LogP contribution < -0.4 is 0 Å². The van der Waals surface area contributed by atoms with Gasteiger partial charge in [-0.25, -0.2) is 4.98 Å². The van der Waals surface area contributed by atoms with Crippen LogP contribution in [0.1, 0.15) is 24.3 Å². The van der Waals surface area contributed by atoms with Crippen LogP contribution in [0.3, 0.4) is 0 Å². The van der Waals surface area contributed by atoms with Crippen molar-refractivity contribution in [2.75, 3.05) is 6.54 Å². The second-order valence-corrected chi connectivity index (χ2v) is 12.3. The maximum atomic E-state index is 5.90. The molecule has 3 nitrogen and oxygen atoms in total. The van der Waals surface area contributed by atoms with E-state index < -0.39 is 8.07 Å². The molecule has 1 aromatic heterocycles. The van der Waals surface area contributed by atoms with Gasteiger partial charge < -0.3 is 4.42 Å². The molecule has 3 rings (SSSR count). The lowest BCUT2D eigenvalue weighted by Crippen LogP contribution is -2.47. The van der Waals surface area contributed by atoms with E-state index in [0.717, 1.165) is 41.3 Å². The summed E-state index contributed by atoms with van der Waals surface area (Å²) in [4.78, 5) is 7.18. The molecular formula is C17H22N2OSi. The lowest BCUT2D eigenvalue weighted by Gasteiger charge is -2.32. The second kappa shape index (κ2) is 5.32. The van der Waals surface area contributed by atoms with E-state index >= 15 is 0 Å². The minimum atomic E-state index is -1.17. The third-order valence-electron chi connectivity index (χ3n) is 4.32. The molecule has 0 saturated carbocycles. The van der Waals surface area contributed by atoms with Crippen molar-refractivity contribution >= 4 is 19.2 Å². The van der Waals surface area contributed by atoms with Gasteiger partial charge in [-0.15, -0.1) is 6.42 Å². The van der Waals surface area contributed by atoms with Crippen molar-refractivity contribution in [3.63, 3.8) is 0 Å². The van der Waals surface area contributed by atoms with E-state index in [1.165, 1.54) is 12.8 Å². The number of rotatable bonds is 3. The summed E-state index contributed by atoms with van der Waals surface area (Å²) in [6, 6.07) is 5.77. The number of likely N-dealkylation sites (tertiary alicyclic amines) is 1. The predicted molar refractivity (Wildman–Crippen MR) is 88.7 cm³/mol. The number of oxazole rings is 1. The zero-order valence-corrected chi connectivity index (χ0v) is 14.0. The number of fused-ring (bicyclic) bond motifs is 1. The number of benzene rings is 1. The van der Waals surface area contributed by atoms with Gasteiger partial charge in [0.1, 0.15) is 5.52 Å². The standard InChI is InChI=1S/C17H22N2OSi/c1-5-13-8-6-9-14-17(13)18-15(20-14)12-19-11-7-10-16(19)21(2,3)4/h1,6,8-9,16H,7,10-12H2,2-4H3. The average Bonchev–Trinajstić information content (AvgIpc) is 3.03. The molecular weight excluding hydrogens is 276 g/mol. The van der Waals surface area contributed by atoms with Crippen LogP contribution >= 0.6 is 0 Å². The molecule has 0 N–H and O–H groups in total. The van der Waals surface area contributed by atoms with Gasteiger partial charge >= 0.3 is 0 Å². The maximum absolute atomic E-state index is 5.90. The highest BCUT2D eigenvalue weighted by Crippen LogP contribution is 2.28. The first-order chi connectivity index (χ1) is 9.99. The third kappa shape index (κ3) is 2.76. The van der Waals surface area contributed by atoms with Gasteiger partial charge in [-0.3, -0.25) is 4.90 Å². The summed E-state index contributed by atoms with van der Waals surface area (Å²) in [5, 5.41) is 0. The fourth-order valence-corrected chi connectivity index (χ4v) is 5.73. The Morgan fingerprint density at radius 3 is 2.95 bits per heavy atom. The molecule has 1 atom stereocenters. The Bertz CT molecular complexity index is 693. The fraction of sp³-hybridized carbons (Fsp3) is 0.471. The highest BCUT2D eigenvalue weighted by molar-refractivity contribution is 6.77. The van der Waals surface area contributed by atoms with Crippen molar-refractivity contribution < 1.29 is 4.42 Å². The van der Waals surface area contributed by atoms with E-state index in [1.807, 2.05) is 18.2 Å². The predicted octanol–water partition coefficient (Wildman–Crippen LogP) is 3.65. The number of hydrogen-bond donors (Lipinski definition) is 0.